The molecular weight excluding hydrogens is 1080 g/mol. The number of benzene rings is 2. The van der Waals surface area contributed by atoms with Crippen LogP contribution in [0.25, 0.3) is 12.2 Å². The van der Waals surface area contributed by atoms with Gasteiger partial charge in [0.15, 0.2) is 11.5 Å². The van der Waals surface area contributed by atoms with Crippen LogP contribution in [0.1, 0.15) is 90.2 Å². The molecule has 2 atom stereocenters. The maximum absolute atomic E-state index is 12.1. The van der Waals surface area contributed by atoms with Crippen molar-refractivity contribution >= 4 is 81.9 Å². The van der Waals surface area contributed by atoms with Crippen LogP contribution >= 0.6 is 0 Å². The molecule has 448 valence electrons. The molecule has 0 aliphatic heterocycles. The molecule has 0 saturated carbocycles. The van der Waals surface area contributed by atoms with Crippen molar-refractivity contribution in [3.05, 3.63) is 47.5 Å². The first-order valence-electron chi connectivity index (χ1n) is 27.4. The van der Waals surface area contributed by atoms with Gasteiger partial charge in [0.25, 0.3) is 0 Å². The molecule has 0 amide bonds. The van der Waals surface area contributed by atoms with Crippen LogP contribution in [-0.4, -0.2) is 179 Å². The monoisotopic (exact) mass is 1160 g/mol. The Labute approximate surface area is 475 Å². The molecule has 0 saturated heterocycles. The van der Waals surface area contributed by atoms with E-state index in [9.17, 15) is 17.5 Å². The first-order chi connectivity index (χ1) is 39.2. The van der Waals surface area contributed by atoms with Gasteiger partial charge in [0, 0.05) is 114 Å². The van der Waals surface area contributed by atoms with Crippen molar-refractivity contribution in [1.29, 1.82) is 0 Å². The van der Waals surface area contributed by atoms with Crippen molar-refractivity contribution in [3.63, 3.8) is 0 Å². The van der Waals surface area contributed by atoms with Gasteiger partial charge in [0.1, 0.15) is 0 Å². The molecule has 0 spiro atoms. The summed E-state index contributed by atoms with van der Waals surface area (Å²) in [6.07, 6.45) is 9.74. The van der Waals surface area contributed by atoms with Crippen LogP contribution in [0, 0.1) is 0 Å². The van der Waals surface area contributed by atoms with Gasteiger partial charge in [-0.25, -0.2) is 0 Å². The van der Waals surface area contributed by atoms with Gasteiger partial charge >= 0.3 is 22.7 Å². The average Bonchev–Trinajstić information content (AvgIpc) is 3.43. The van der Waals surface area contributed by atoms with Crippen LogP contribution in [0.15, 0.2) is 36.4 Å². The van der Waals surface area contributed by atoms with Crippen LogP contribution in [-0.2, 0) is 60.6 Å². The maximum atomic E-state index is 12.1. The molecule has 80 heavy (non-hydrogen) atoms. The van der Waals surface area contributed by atoms with E-state index in [0.717, 1.165) is 25.7 Å². The number of rotatable bonds is 50. The topological polar surface area (TPSA) is 316 Å². The highest BCUT2D eigenvalue weighted by molar-refractivity contribution is 7.74. The normalized spacial score (nSPS) is 12.1. The highest BCUT2D eigenvalue weighted by Gasteiger charge is 2.14. The van der Waals surface area contributed by atoms with E-state index in [1.165, 1.54) is 12.1 Å². The van der Waals surface area contributed by atoms with E-state index in [1.807, 2.05) is 0 Å². The fourth-order valence-corrected chi connectivity index (χ4v) is 7.37. The first kappa shape index (κ1) is 67.0. The second-order valence-electron chi connectivity index (χ2n) is 17.3. The fraction of sp³-hybridized carbons (Fsp3) is 0.615. The molecule has 0 aliphatic carbocycles. The third kappa shape index (κ3) is 30.9. The number of anilines is 8. The van der Waals surface area contributed by atoms with Crippen molar-refractivity contribution in [2.75, 3.05) is 164 Å². The molecule has 4 rings (SSSR count). The summed E-state index contributed by atoms with van der Waals surface area (Å²) in [5, 5.41) is 19.2. The Bertz CT molecular complexity index is 2130. The van der Waals surface area contributed by atoms with Crippen LogP contribution in [0.3, 0.4) is 0 Å². The van der Waals surface area contributed by atoms with E-state index >= 15 is 0 Å². The Kier molecular flexibility index (Phi) is 36.2. The molecule has 2 aromatic carbocycles. The standard InChI is InChI=1S/C52H84N12O14S2/c1-5-23-69-31-35-73-27-9-19-53-47-59-48(54-20-10-28-74-36-32-70-24-6-2)62-51(61-47)57-43-17-15-41(45(39-43)77-79(65)66)13-14-42-16-18-44(40-46(42)78-80(67)68)58-52-63-49(55-21-11-29-75-37-33-71-25-7-3)60-50(64-52)56-22-12-30-76-38-34-72-26-8-4/h13-18,39-40H,5-12,19-38H2,1-4H3,(H,65,66)(H,67,68)(H3,53,54,57,59,61,62)(H3,55,56,58,60,63,64)/b14-13+. The van der Waals surface area contributed by atoms with Crippen molar-refractivity contribution < 1.29 is 63.8 Å². The zero-order chi connectivity index (χ0) is 57.1. The van der Waals surface area contributed by atoms with Gasteiger partial charge in [-0.1, -0.05) is 39.8 Å². The lowest BCUT2D eigenvalue weighted by molar-refractivity contribution is 0.0479. The predicted molar refractivity (Wildman–Crippen MR) is 311 cm³/mol. The third-order valence-corrected chi connectivity index (χ3v) is 11.1. The van der Waals surface area contributed by atoms with E-state index in [-0.39, 0.29) is 23.4 Å². The van der Waals surface area contributed by atoms with Crippen LogP contribution < -0.4 is 40.3 Å². The quantitative estimate of drug-likeness (QED) is 0.0119. The Morgan fingerprint density at radius 2 is 0.650 bits per heavy atom. The molecule has 0 bridgehead atoms. The number of aromatic nitrogens is 6. The smallest absolute Gasteiger partial charge is 0.357 e. The van der Waals surface area contributed by atoms with Crippen LogP contribution in [0.2, 0.25) is 0 Å². The Morgan fingerprint density at radius 1 is 0.388 bits per heavy atom. The molecule has 0 radical (unpaired) electrons. The molecule has 8 N–H and O–H groups in total. The largest absolute Gasteiger partial charge is 0.379 e. The van der Waals surface area contributed by atoms with E-state index in [2.05, 4.69) is 89.5 Å². The van der Waals surface area contributed by atoms with E-state index in [0.29, 0.717) is 204 Å². The van der Waals surface area contributed by atoms with E-state index < -0.39 is 22.7 Å². The number of nitrogens with one attached hydrogen (secondary N) is 6. The number of hydrogen-bond donors (Lipinski definition) is 8. The molecule has 0 fully saturated rings. The SMILES string of the molecule is CCCOCCOCCCNc1nc(NCCCOCCOCCC)nc(Nc2ccc(/C=C/c3ccc(Nc4nc(NCCCOCCOCCC)nc(NCCCOCCOCCC)n4)cc3OS(=O)O)c(OS(=O)O)c2)n1. The molecule has 28 heteroatoms. The molecule has 26 nitrogen and oxygen atoms in total. The molecular formula is C52H84N12O14S2. The summed E-state index contributed by atoms with van der Waals surface area (Å²) >= 11 is -5.43. The van der Waals surface area contributed by atoms with Gasteiger partial charge in [0.05, 0.1) is 52.9 Å². The van der Waals surface area contributed by atoms with Gasteiger partial charge in [-0.3, -0.25) is 9.11 Å². The summed E-state index contributed by atoms with van der Waals surface area (Å²) in [6, 6.07) is 9.71. The Hall–Kier alpha value is -5.50. The van der Waals surface area contributed by atoms with Crippen LogP contribution in [0.4, 0.5) is 47.1 Å². The highest BCUT2D eigenvalue weighted by atomic mass is 32.2. The van der Waals surface area contributed by atoms with Crippen molar-refractivity contribution in [1.82, 2.24) is 29.9 Å². The average molecular weight is 1170 g/mol. The Balaban J connectivity index is 1.49. The second-order valence-corrected chi connectivity index (χ2v) is 18.5. The van der Waals surface area contributed by atoms with Crippen molar-refractivity contribution in [3.8, 4) is 11.5 Å². The second kappa shape index (κ2) is 43.3. The highest BCUT2D eigenvalue weighted by Crippen LogP contribution is 2.31. The van der Waals surface area contributed by atoms with Gasteiger partial charge in [-0.2, -0.15) is 38.3 Å². The van der Waals surface area contributed by atoms with E-state index in [4.69, 9.17) is 46.3 Å². The van der Waals surface area contributed by atoms with Crippen molar-refractivity contribution in [2.24, 2.45) is 0 Å². The summed E-state index contributed by atoms with van der Waals surface area (Å²) in [4.78, 5) is 27.4. The van der Waals surface area contributed by atoms with Gasteiger partial charge < -0.3 is 78.2 Å². The first-order valence-corrected chi connectivity index (χ1v) is 29.4. The summed E-state index contributed by atoms with van der Waals surface area (Å²) in [5.74, 6) is 1.62. The minimum absolute atomic E-state index is 0.0160. The molecule has 0 aliphatic rings. The maximum Gasteiger partial charge on any atom is 0.357 e. The number of hydrogen-bond acceptors (Lipinski definition) is 24. The number of nitrogens with zero attached hydrogens (tertiary/aromatic N) is 6. The third-order valence-electron chi connectivity index (χ3n) is 10.5. The van der Waals surface area contributed by atoms with Gasteiger partial charge in [-0.15, -0.1) is 0 Å². The van der Waals surface area contributed by atoms with Gasteiger partial charge in [-0.05, 0) is 75.6 Å². The molecule has 4 aromatic rings. The lowest BCUT2D eigenvalue weighted by Crippen LogP contribution is -2.15. The Morgan fingerprint density at radius 3 is 0.912 bits per heavy atom. The molecule has 2 unspecified atom stereocenters. The minimum Gasteiger partial charge on any atom is -0.379 e. The number of ether oxygens (including phenoxy) is 8. The van der Waals surface area contributed by atoms with Crippen LogP contribution in [0.5, 0.6) is 11.5 Å². The van der Waals surface area contributed by atoms with Gasteiger partial charge in [0.2, 0.25) is 35.7 Å². The predicted octanol–water partition coefficient (Wildman–Crippen LogP) is 7.73. The fourth-order valence-electron chi connectivity index (χ4n) is 6.78. The lowest BCUT2D eigenvalue weighted by atomic mass is 10.1. The summed E-state index contributed by atoms with van der Waals surface area (Å²) < 4.78 is 99.3. The molecule has 2 heterocycles. The minimum atomic E-state index is -2.71. The van der Waals surface area contributed by atoms with E-state index in [1.54, 1.807) is 36.4 Å². The zero-order valence-corrected chi connectivity index (χ0v) is 48.3. The zero-order valence-electron chi connectivity index (χ0n) is 46.7. The summed E-state index contributed by atoms with van der Waals surface area (Å²) in [5.41, 5.74) is 1.59. The van der Waals surface area contributed by atoms with Crippen molar-refractivity contribution in [2.45, 2.75) is 79.1 Å². The summed E-state index contributed by atoms with van der Waals surface area (Å²) in [7, 11) is 0. The molecule has 2 aromatic heterocycles. The summed E-state index contributed by atoms with van der Waals surface area (Å²) in [6.45, 7) is 19.4. The lowest BCUT2D eigenvalue weighted by Gasteiger charge is -2.13.